The highest BCUT2D eigenvalue weighted by molar-refractivity contribution is 5.87. The standard InChI is InChI=1S/C45H68O38/c46-1-9-28-14(52)21(59)39(70-9)76-29-10(2-47)73-42(24(62)17(29)55)80-33-20(58)27(65)45-79-32-13(5-50)72-41(23(61)16(32)54)77-30-11(3-48)74-43(25(63)18(30)56)81-34-19(57)26(64)44(78-31-12(4-49)71-40(75-28)22(60)15(31)53)82-36(34)38(67)69-7-8(51)6-68-37(66)35(33)83-45/h9-36,39-50,52-65H,1-7H2/t9-,10-,11-,12-,13-,14-,15+,16-,17-,18-,19-,20-,21+,22-,23-,24-,25-,26-,27-,28-,29-,30-,31-,32-,33+,34+,35+,36+,39-,40-,41-,42-,43-,44+,45+/m1/s1. The van der Waals surface area contributed by atoms with Crippen LogP contribution in [0.3, 0.4) is 0 Å². The van der Waals surface area contributed by atoms with Gasteiger partial charge in [-0.3, -0.25) is 4.79 Å². The number of fused-ring (bicyclic) bond motifs is 5. The predicted octanol–water partition coefficient (Wildman–Crippen LogP) is -15.5. The lowest BCUT2D eigenvalue weighted by atomic mass is 9.95. The normalized spacial score (nSPS) is 53.3. The van der Waals surface area contributed by atoms with Gasteiger partial charge in [-0.05, 0) is 0 Å². The van der Waals surface area contributed by atoms with Gasteiger partial charge in [-0.25, -0.2) is 9.59 Å². The van der Waals surface area contributed by atoms with Gasteiger partial charge in [0.25, 0.3) is 0 Å². The maximum Gasteiger partial charge on any atom is 0.338 e. The lowest BCUT2D eigenvalue weighted by Crippen LogP contribution is -2.68. The molecule has 0 aromatic carbocycles. The van der Waals surface area contributed by atoms with Crippen LogP contribution < -0.4 is 0 Å². The lowest BCUT2D eigenvalue weighted by Gasteiger charge is -2.49. The molecule has 0 saturated carbocycles. The van der Waals surface area contributed by atoms with Gasteiger partial charge in [-0.2, -0.15) is 0 Å². The number of ether oxygens (including phenoxy) is 16. The minimum atomic E-state index is -2.49. The number of hydrogen-bond donors (Lipinski definition) is 19. The van der Waals surface area contributed by atoms with Crippen molar-refractivity contribution in [3.05, 3.63) is 0 Å². The molecule has 476 valence electrons. The van der Waals surface area contributed by atoms with Crippen molar-refractivity contribution in [2.24, 2.45) is 0 Å². The zero-order valence-electron chi connectivity index (χ0n) is 42.9. The summed E-state index contributed by atoms with van der Waals surface area (Å²) in [7, 11) is 0. The van der Waals surface area contributed by atoms with Gasteiger partial charge in [-0.15, -0.1) is 0 Å². The lowest BCUT2D eigenvalue weighted by molar-refractivity contribution is -0.394. The van der Waals surface area contributed by atoms with E-state index in [1.807, 2.05) is 0 Å². The zero-order chi connectivity index (χ0) is 60.2. The number of hydrogen-bond acceptors (Lipinski definition) is 38. The molecule has 0 radical (unpaired) electrons. The second-order valence-corrected chi connectivity index (χ2v) is 20.8. The van der Waals surface area contributed by atoms with E-state index >= 15 is 0 Å². The molecule has 14 fully saturated rings. The number of esters is 2. The third kappa shape index (κ3) is 12.7. The summed E-state index contributed by atoms with van der Waals surface area (Å²) in [4.78, 5) is 41.5. The number of aliphatic hydroxyl groups excluding tert-OH is 19. The van der Waals surface area contributed by atoms with Crippen LogP contribution in [0, 0.1) is 0 Å². The van der Waals surface area contributed by atoms with E-state index in [4.69, 9.17) is 75.8 Å². The number of ketones is 1. The number of rotatable bonds is 5. The minimum absolute atomic E-state index is 1.10. The first-order chi connectivity index (χ1) is 39.5. The zero-order valence-corrected chi connectivity index (χ0v) is 42.9. The maximum absolute atomic E-state index is 14.1. The van der Waals surface area contributed by atoms with Crippen molar-refractivity contribution in [1.29, 1.82) is 0 Å². The Balaban J connectivity index is 1.11. The Labute approximate surface area is 465 Å². The van der Waals surface area contributed by atoms with Gasteiger partial charge in [0.1, 0.15) is 159 Å². The number of Topliss-reactive ketones (excluding diaryl/α,β-unsaturated/α-hetero) is 1. The average Bonchev–Trinajstić information content (AvgIpc) is 3.59. The third-order valence-electron chi connectivity index (χ3n) is 15.4. The van der Waals surface area contributed by atoms with E-state index in [2.05, 4.69) is 0 Å². The van der Waals surface area contributed by atoms with Crippen LogP contribution in [-0.4, -0.2) is 376 Å². The van der Waals surface area contributed by atoms with Crippen LogP contribution in [0.25, 0.3) is 0 Å². The fraction of sp³-hybridized carbons (Fsp3) is 0.933. The van der Waals surface area contributed by atoms with Crippen LogP contribution in [0.1, 0.15) is 0 Å². The molecular weight excluding hydrogens is 1150 g/mol. The van der Waals surface area contributed by atoms with Gasteiger partial charge >= 0.3 is 11.9 Å². The average molecular weight is 1220 g/mol. The molecule has 38 nitrogen and oxygen atoms in total. The Morgan fingerprint density at radius 3 is 0.639 bits per heavy atom. The van der Waals surface area contributed by atoms with E-state index in [0.717, 1.165) is 0 Å². The Morgan fingerprint density at radius 2 is 0.434 bits per heavy atom. The monoisotopic (exact) mass is 1220 g/mol. The fourth-order valence-corrected chi connectivity index (χ4v) is 10.8. The summed E-state index contributed by atoms with van der Waals surface area (Å²) >= 11 is 0. The Kier molecular flexibility index (Phi) is 21.0. The summed E-state index contributed by atoms with van der Waals surface area (Å²) in [5.74, 6) is -4.73. The molecule has 0 spiro atoms. The van der Waals surface area contributed by atoms with Crippen molar-refractivity contribution in [3.8, 4) is 0 Å². The Morgan fingerprint density at radius 1 is 0.253 bits per heavy atom. The first-order valence-electron chi connectivity index (χ1n) is 26.1. The molecule has 0 aliphatic carbocycles. The summed E-state index contributed by atoms with van der Waals surface area (Å²) in [6.07, 6.45) is -77.7. The van der Waals surface area contributed by atoms with Crippen molar-refractivity contribution in [1.82, 2.24) is 0 Å². The molecule has 14 aliphatic heterocycles. The van der Waals surface area contributed by atoms with Crippen LogP contribution in [0.5, 0.6) is 0 Å². The Hall–Kier alpha value is -2.71. The van der Waals surface area contributed by atoms with Crippen LogP contribution in [0.15, 0.2) is 0 Å². The molecule has 0 unspecified atom stereocenters. The first-order valence-corrected chi connectivity index (χ1v) is 26.1. The van der Waals surface area contributed by atoms with Gasteiger partial charge in [-0.1, -0.05) is 0 Å². The summed E-state index contributed by atoms with van der Waals surface area (Å²) in [5, 5.41) is 213. The number of carbonyl (C=O) groups excluding carboxylic acids is 3. The molecule has 14 aliphatic rings. The third-order valence-corrected chi connectivity index (χ3v) is 15.4. The van der Waals surface area contributed by atoms with E-state index in [-0.39, 0.29) is 0 Å². The summed E-state index contributed by atoms with van der Waals surface area (Å²) < 4.78 is 89.9. The molecule has 83 heavy (non-hydrogen) atoms. The van der Waals surface area contributed by atoms with Gasteiger partial charge in [0.2, 0.25) is 5.78 Å². The van der Waals surface area contributed by atoms with Gasteiger partial charge in [0.05, 0.1) is 33.0 Å². The second-order valence-electron chi connectivity index (χ2n) is 20.8. The molecule has 0 aromatic heterocycles. The van der Waals surface area contributed by atoms with Gasteiger partial charge in [0, 0.05) is 0 Å². The van der Waals surface area contributed by atoms with Crippen molar-refractivity contribution < 1.29 is 187 Å². The first kappa shape index (κ1) is 64.8. The molecule has 35 atom stereocenters. The van der Waals surface area contributed by atoms with Crippen molar-refractivity contribution in [3.63, 3.8) is 0 Å². The second kappa shape index (κ2) is 26.9. The Bertz CT molecular complexity index is 2160. The summed E-state index contributed by atoms with van der Waals surface area (Å²) in [5.41, 5.74) is 0. The van der Waals surface area contributed by atoms with E-state index in [0.29, 0.717) is 0 Å². The van der Waals surface area contributed by atoms with E-state index in [1.165, 1.54) is 0 Å². The van der Waals surface area contributed by atoms with Crippen LogP contribution in [0.2, 0.25) is 0 Å². The maximum atomic E-state index is 14.1. The molecule has 14 saturated heterocycles. The smallest absolute Gasteiger partial charge is 0.338 e. The summed E-state index contributed by atoms with van der Waals surface area (Å²) in [6.45, 7) is -8.45. The highest BCUT2D eigenvalue weighted by atomic mass is 16.8. The molecule has 14 heterocycles. The van der Waals surface area contributed by atoms with Crippen molar-refractivity contribution in [2.75, 3.05) is 46.2 Å². The largest absolute Gasteiger partial charge is 0.456 e. The molecule has 14 rings (SSSR count). The predicted molar refractivity (Wildman–Crippen MR) is 241 cm³/mol. The fourth-order valence-electron chi connectivity index (χ4n) is 10.8. The van der Waals surface area contributed by atoms with E-state index in [9.17, 15) is 111 Å². The highest BCUT2D eigenvalue weighted by Crippen LogP contribution is 2.39. The van der Waals surface area contributed by atoms with E-state index < -0.39 is 279 Å². The summed E-state index contributed by atoms with van der Waals surface area (Å²) in [6, 6.07) is 0. The molecule has 19 N–H and O–H groups in total. The van der Waals surface area contributed by atoms with Gasteiger partial charge in [0.15, 0.2) is 69.5 Å². The topological polar surface area (TPSA) is 583 Å². The quantitative estimate of drug-likeness (QED) is 0.114. The van der Waals surface area contributed by atoms with Crippen molar-refractivity contribution >= 4 is 17.7 Å². The molecule has 0 amide bonds. The number of aliphatic hydroxyl groups is 19. The minimum Gasteiger partial charge on any atom is -0.456 e. The number of carbonyl (C=O) groups is 3. The molecule has 38 heteroatoms. The SMILES string of the molecule is O=C1COC(=O)[C@H]2O[C@@H]3O[C@H]4[C@H](O)[C@@H](O)[C@@H](O[C@H]5[C@H](O)[C@@H](O)[C@@H](O[C@H]6[C@H](O)[C@@H](O)[C@@H](O[C@H]7[C@@H](O)[C@@H](O)[C@@H](O[C@H]8[C@H](O)[C@H](O)[C@@H](O[C@H]9[C@H](O)[C@@H](O)[C@@H](O[C@H]2[C@H](O)[C@H]3O)O[C@@H]9CO)O[C@@H]8CO)O[C@@H]7CO)O[C@@H]6C(=O)OC1)O[C@@H]5CO)O[C@@H]4CO. The van der Waals surface area contributed by atoms with Gasteiger partial charge < -0.3 is 173 Å². The van der Waals surface area contributed by atoms with Crippen molar-refractivity contribution in [2.45, 2.75) is 215 Å². The van der Waals surface area contributed by atoms with E-state index in [1.54, 1.807) is 0 Å². The molecule has 14 bridgehead atoms. The van der Waals surface area contributed by atoms with Crippen LogP contribution >= 0.6 is 0 Å². The van der Waals surface area contributed by atoms with Crippen LogP contribution in [0.4, 0.5) is 0 Å². The molecule has 0 aromatic rings. The highest BCUT2D eigenvalue weighted by Gasteiger charge is 2.61. The van der Waals surface area contributed by atoms with Crippen LogP contribution in [-0.2, 0) is 90.2 Å². The molecular formula is C45H68O38.